The number of nitrogens with two attached hydrogens (primary N) is 1. The molecular formula is C15H17N3OS. The number of fused-ring (bicyclic) bond motifs is 1. The fourth-order valence-corrected chi connectivity index (χ4v) is 3.45. The van der Waals surface area contributed by atoms with Gasteiger partial charge < -0.3 is 16.0 Å². The molecule has 4 nitrogen and oxygen atoms in total. The van der Waals surface area contributed by atoms with Crippen LogP contribution < -0.4 is 16.0 Å². The number of hydrogen-bond acceptors (Lipinski definition) is 4. The summed E-state index contributed by atoms with van der Waals surface area (Å²) in [6.07, 6.45) is 1.04. The average Bonchev–Trinajstić information content (AvgIpc) is 2.94. The van der Waals surface area contributed by atoms with E-state index in [0.717, 1.165) is 30.9 Å². The molecule has 1 amide bonds. The molecule has 0 atom stereocenters. The molecule has 1 aliphatic rings. The molecule has 104 valence electrons. The lowest BCUT2D eigenvalue weighted by atomic mass is 10.1. The molecule has 1 aromatic carbocycles. The number of carbonyl (C=O) groups is 1. The van der Waals surface area contributed by atoms with E-state index in [1.54, 1.807) is 13.1 Å². The normalized spacial score (nSPS) is 13.9. The molecule has 20 heavy (non-hydrogen) atoms. The van der Waals surface area contributed by atoms with Crippen LogP contribution in [-0.2, 0) is 13.0 Å². The van der Waals surface area contributed by atoms with Crippen LogP contribution in [0, 0.1) is 0 Å². The molecule has 1 aromatic heterocycles. The van der Waals surface area contributed by atoms with Gasteiger partial charge in [0, 0.05) is 30.6 Å². The number of carbonyl (C=O) groups excluding carboxylic acids is 1. The Bertz CT molecular complexity index is 650. The molecule has 0 spiro atoms. The summed E-state index contributed by atoms with van der Waals surface area (Å²) in [6.45, 7) is 1.80. The minimum absolute atomic E-state index is 0.0838. The van der Waals surface area contributed by atoms with Crippen molar-refractivity contribution in [1.82, 2.24) is 5.32 Å². The van der Waals surface area contributed by atoms with E-state index < -0.39 is 0 Å². The molecule has 5 heteroatoms. The van der Waals surface area contributed by atoms with Crippen LogP contribution in [0.3, 0.4) is 0 Å². The molecule has 0 aliphatic carbocycles. The topological polar surface area (TPSA) is 58.4 Å². The Balaban J connectivity index is 1.92. The van der Waals surface area contributed by atoms with Crippen molar-refractivity contribution in [2.45, 2.75) is 13.0 Å². The molecule has 2 aromatic rings. The molecule has 1 aliphatic heterocycles. The van der Waals surface area contributed by atoms with Crippen LogP contribution in [0.25, 0.3) is 0 Å². The second kappa shape index (κ2) is 5.17. The lowest BCUT2D eigenvalue weighted by Crippen LogP contribution is -2.30. The third-order valence-corrected chi connectivity index (χ3v) is 4.69. The van der Waals surface area contributed by atoms with Crippen LogP contribution in [0.2, 0.25) is 0 Å². The van der Waals surface area contributed by atoms with Gasteiger partial charge in [-0.3, -0.25) is 4.79 Å². The van der Waals surface area contributed by atoms with Crippen LogP contribution in [0.1, 0.15) is 20.8 Å². The zero-order valence-electron chi connectivity index (χ0n) is 11.3. The molecule has 2 heterocycles. The van der Waals surface area contributed by atoms with Gasteiger partial charge in [-0.2, -0.15) is 0 Å². The molecule has 0 fully saturated rings. The van der Waals surface area contributed by atoms with Gasteiger partial charge in [0.2, 0.25) is 0 Å². The number of benzene rings is 1. The van der Waals surface area contributed by atoms with E-state index in [4.69, 9.17) is 5.73 Å². The number of nitrogen functional groups attached to an aromatic ring is 1. The van der Waals surface area contributed by atoms with E-state index in [0.29, 0.717) is 5.56 Å². The van der Waals surface area contributed by atoms with Crippen LogP contribution in [0.15, 0.2) is 29.6 Å². The number of hydrogen-bond donors (Lipinski definition) is 2. The van der Waals surface area contributed by atoms with Crippen molar-refractivity contribution in [3.8, 4) is 0 Å². The largest absolute Gasteiger partial charge is 0.397 e. The summed E-state index contributed by atoms with van der Waals surface area (Å²) in [5.41, 5.74) is 9.77. The van der Waals surface area contributed by atoms with Gasteiger partial charge in [0.05, 0.1) is 11.4 Å². The zero-order valence-corrected chi connectivity index (χ0v) is 12.2. The maximum Gasteiger partial charge on any atom is 0.251 e. The van der Waals surface area contributed by atoms with Gasteiger partial charge in [-0.1, -0.05) is 0 Å². The third-order valence-electron chi connectivity index (χ3n) is 3.67. The van der Waals surface area contributed by atoms with Crippen molar-refractivity contribution in [3.63, 3.8) is 0 Å². The fraction of sp³-hybridized carbons (Fsp3) is 0.267. The smallest absolute Gasteiger partial charge is 0.251 e. The van der Waals surface area contributed by atoms with Crippen molar-refractivity contribution >= 4 is 28.6 Å². The van der Waals surface area contributed by atoms with Gasteiger partial charge in [-0.15, -0.1) is 11.3 Å². The molecule has 0 saturated carbocycles. The number of thiophene rings is 1. The van der Waals surface area contributed by atoms with Crippen molar-refractivity contribution in [3.05, 3.63) is 45.6 Å². The number of amides is 1. The first kappa shape index (κ1) is 13.0. The molecule has 0 unspecified atom stereocenters. The van der Waals surface area contributed by atoms with Gasteiger partial charge >= 0.3 is 0 Å². The highest BCUT2D eigenvalue weighted by Crippen LogP contribution is 2.31. The molecule has 0 bridgehead atoms. The molecule has 0 saturated heterocycles. The highest BCUT2D eigenvalue weighted by atomic mass is 32.1. The van der Waals surface area contributed by atoms with Gasteiger partial charge in [0.1, 0.15) is 0 Å². The van der Waals surface area contributed by atoms with Crippen molar-refractivity contribution < 1.29 is 4.79 Å². The van der Waals surface area contributed by atoms with Crippen LogP contribution in [-0.4, -0.2) is 19.5 Å². The SMILES string of the molecule is CNC(=O)c1ccc(N)c(N2CCc3sccc3C2)c1. The Kier molecular flexibility index (Phi) is 3.36. The second-order valence-electron chi connectivity index (χ2n) is 4.89. The number of anilines is 2. The predicted molar refractivity (Wildman–Crippen MR) is 83.3 cm³/mol. The molecule has 0 radical (unpaired) electrons. The zero-order chi connectivity index (χ0) is 14.1. The Hall–Kier alpha value is -2.01. The number of rotatable bonds is 2. The first-order chi connectivity index (χ1) is 9.69. The summed E-state index contributed by atoms with van der Waals surface area (Å²) in [5.74, 6) is -0.0838. The van der Waals surface area contributed by atoms with Gasteiger partial charge in [-0.05, 0) is 41.6 Å². The van der Waals surface area contributed by atoms with E-state index in [1.165, 1.54) is 10.4 Å². The van der Waals surface area contributed by atoms with Gasteiger partial charge in [-0.25, -0.2) is 0 Å². The number of nitrogens with one attached hydrogen (secondary N) is 1. The molecular weight excluding hydrogens is 270 g/mol. The van der Waals surface area contributed by atoms with Crippen LogP contribution >= 0.6 is 11.3 Å². The lowest BCUT2D eigenvalue weighted by molar-refractivity contribution is 0.0963. The van der Waals surface area contributed by atoms with Crippen molar-refractivity contribution in [1.29, 1.82) is 0 Å². The third kappa shape index (κ3) is 2.25. The highest BCUT2D eigenvalue weighted by Gasteiger charge is 2.20. The molecule has 3 rings (SSSR count). The summed E-state index contributed by atoms with van der Waals surface area (Å²) in [6, 6.07) is 7.62. The lowest BCUT2D eigenvalue weighted by Gasteiger charge is -2.30. The summed E-state index contributed by atoms with van der Waals surface area (Å²) in [7, 11) is 1.64. The first-order valence-electron chi connectivity index (χ1n) is 6.61. The van der Waals surface area contributed by atoms with Crippen LogP contribution in [0.4, 0.5) is 11.4 Å². The van der Waals surface area contributed by atoms with E-state index in [1.807, 2.05) is 23.5 Å². The Morgan fingerprint density at radius 3 is 3.05 bits per heavy atom. The minimum Gasteiger partial charge on any atom is -0.397 e. The summed E-state index contributed by atoms with van der Waals surface area (Å²) < 4.78 is 0. The molecule has 3 N–H and O–H groups in total. The quantitative estimate of drug-likeness (QED) is 0.833. The van der Waals surface area contributed by atoms with Crippen LogP contribution in [0.5, 0.6) is 0 Å². The van der Waals surface area contributed by atoms with Gasteiger partial charge in [0.25, 0.3) is 5.91 Å². The van der Waals surface area contributed by atoms with Gasteiger partial charge in [0.15, 0.2) is 0 Å². The first-order valence-corrected chi connectivity index (χ1v) is 7.49. The summed E-state index contributed by atoms with van der Waals surface area (Å²) in [5, 5.41) is 4.78. The Morgan fingerprint density at radius 2 is 2.25 bits per heavy atom. The monoisotopic (exact) mass is 287 g/mol. The minimum atomic E-state index is -0.0838. The van der Waals surface area contributed by atoms with Crippen molar-refractivity contribution in [2.24, 2.45) is 0 Å². The van der Waals surface area contributed by atoms with E-state index in [2.05, 4.69) is 21.7 Å². The Labute approximate surface area is 122 Å². The second-order valence-corrected chi connectivity index (χ2v) is 5.89. The van der Waals surface area contributed by atoms with Crippen molar-refractivity contribution in [2.75, 3.05) is 24.2 Å². The summed E-state index contributed by atoms with van der Waals surface area (Å²) >= 11 is 1.82. The standard InChI is InChI=1S/C15H17N3OS/c1-17-15(19)10-2-3-12(16)13(8-10)18-6-4-14-11(9-18)5-7-20-14/h2-3,5,7-8H,4,6,9,16H2,1H3,(H,17,19). The average molecular weight is 287 g/mol. The summed E-state index contributed by atoms with van der Waals surface area (Å²) in [4.78, 5) is 15.5. The highest BCUT2D eigenvalue weighted by molar-refractivity contribution is 7.10. The van der Waals surface area contributed by atoms with E-state index in [-0.39, 0.29) is 5.91 Å². The number of nitrogens with zero attached hydrogens (tertiary/aromatic N) is 1. The Morgan fingerprint density at radius 1 is 1.40 bits per heavy atom. The maximum absolute atomic E-state index is 11.7. The fourth-order valence-electron chi connectivity index (χ4n) is 2.56. The van der Waals surface area contributed by atoms with E-state index in [9.17, 15) is 4.79 Å². The predicted octanol–water partition coefficient (Wildman–Crippen LogP) is 2.25. The van der Waals surface area contributed by atoms with E-state index >= 15 is 0 Å². The maximum atomic E-state index is 11.7.